The van der Waals surface area contributed by atoms with Crippen LogP contribution in [0.25, 0.3) is 11.0 Å². The molecule has 3 rings (SSSR count). The second kappa shape index (κ2) is 10.1. The number of nitrogens with one attached hydrogen (secondary N) is 1. The van der Waals surface area contributed by atoms with Crippen LogP contribution in [0, 0.1) is 20.8 Å². The van der Waals surface area contributed by atoms with E-state index in [1.165, 1.54) is 6.07 Å². The monoisotopic (exact) mass is 457 g/mol. The van der Waals surface area contributed by atoms with Gasteiger partial charge in [0.15, 0.2) is 0 Å². The fourth-order valence-corrected chi connectivity index (χ4v) is 4.44. The molecule has 170 valence electrons. The molecule has 0 amide bonds. The normalized spacial score (nSPS) is 11.6. The van der Waals surface area contributed by atoms with Crippen LogP contribution >= 0.6 is 0 Å². The van der Waals surface area contributed by atoms with Gasteiger partial charge < -0.3 is 9.15 Å². The fourth-order valence-electron chi connectivity index (χ4n) is 3.36. The maximum atomic E-state index is 12.2. The number of carbonyl (C=O) groups excluding carboxylic acids is 1. The van der Waals surface area contributed by atoms with Gasteiger partial charge in [0.2, 0.25) is 10.0 Å². The summed E-state index contributed by atoms with van der Waals surface area (Å²) >= 11 is 0. The largest absolute Gasteiger partial charge is 0.426 e. The minimum atomic E-state index is -3.52. The quantitative estimate of drug-likeness (QED) is 0.224. The lowest BCUT2D eigenvalue weighted by atomic mass is 10.1. The van der Waals surface area contributed by atoms with Gasteiger partial charge in [0.05, 0.1) is 4.90 Å². The van der Waals surface area contributed by atoms with E-state index < -0.39 is 15.6 Å². The number of esters is 1. The molecule has 32 heavy (non-hydrogen) atoms. The average Bonchev–Trinajstić information content (AvgIpc) is 2.73. The lowest BCUT2D eigenvalue weighted by Gasteiger charge is -2.10. The maximum absolute atomic E-state index is 12.2. The highest BCUT2D eigenvalue weighted by atomic mass is 32.2. The molecule has 1 N–H and O–H groups in total. The SMILES string of the molecule is Cc1ccc(S(=O)(=O)NCCCCCC(=O)Oc2ccc3c(C)cc(=O)oc3c2C)cc1. The van der Waals surface area contributed by atoms with E-state index >= 15 is 0 Å². The van der Waals surface area contributed by atoms with Crippen LogP contribution in [0.1, 0.15) is 42.4 Å². The minimum Gasteiger partial charge on any atom is -0.426 e. The number of hydrogen-bond donors (Lipinski definition) is 1. The van der Waals surface area contributed by atoms with E-state index in [1.54, 1.807) is 43.3 Å². The molecule has 0 saturated heterocycles. The van der Waals surface area contributed by atoms with Crippen LogP contribution in [0.3, 0.4) is 0 Å². The molecule has 0 bridgehead atoms. The Labute approximate surface area is 187 Å². The minimum absolute atomic E-state index is 0.208. The summed E-state index contributed by atoms with van der Waals surface area (Å²) in [7, 11) is -3.52. The summed E-state index contributed by atoms with van der Waals surface area (Å²) in [4.78, 5) is 24.1. The Morgan fingerprint density at radius 1 is 1.00 bits per heavy atom. The lowest BCUT2D eigenvalue weighted by molar-refractivity contribution is -0.134. The van der Waals surface area contributed by atoms with Crippen molar-refractivity contribution in [1.82, 2.24) is 4.72 Å². The zero-order chi connectivity index (χ0) is 23.3. The Morgan fingerprint density at radius 2 is 1.72 bits per heavy atom. The van der Waals surface area contributed by atoms with Crippen LogP contribution in [0.15, 0.2) is 56.6 Å². The third-order valence-corrected chi connectivity index (χ3v) is 6.70. The van der Waals surface area contributed by atoms with Crippen LogP contribution in [0.2, 0.25) is 0 Å². The van der Waals surface area contributed by atoms with Crippen molar-refractivity contribution in [3.05, 3.63) is 69.6 Å². The highest BCUT2D eigenvalue weighted by Gasteiger charge is 2.14. The molecule has 0 aliphatic rings. The summed E-state index contributed by atoms with van der Waals surface area (Å²) in [5.41, 5.74) is 2.37. The number of unbranched alkanes of at least 4 members (excludes halogenated alkanes) is 2. The molecule has 7 nitrogen and oxygen atoms in total. The molecular formula is C24H27NO6S. The fraction of sp³-hybridized carbons (Fsp3) is 0.333. The standard InChI is InChI=1S/C24H27NO6S/c1-16-8-10-19(11-9-16)32(28,29)25-14-6-4-5-7-22(26)30-21-13-12-20-17(2)15-23(27)31-24(20)18(21)3/h8-13,15,25H,4-7,14H2,1-3H3. The second-order valence-corrected chi connectivity index (χ2v) is 9.58. The summed E-state index contributed by atoms with van der Waals surface area (Å²) in [5, 5.41) is 0.801. The number of fused-ring (bicyclic) bond motifs is 1. The van der Waals surface area contributed by atoms with Crippen molar-refractivity contribution in [3.8, 4) is 5.75 Å². The van der Waals surface area contributed by atoms with Gasteiger partial charge in [-0.3, -0.25) is 4.79 Å². The molecule has 0 radical (unpaired) electrons. The highest BCUT2D eigenvalue weighted by Crippen LogP contribution is 2.28. The number of carbonyl (C=O) groups is 1. The first-order chi connectivity index (χ1) is 15.2. The van der Waals surface area contributed by atoms with Gasteiger partial charge in [0, 0.05) is 30.0 Å². The summed E-state index contributed by atoms with van der Waals surface area (Å²) < 4.78 is 37.8. The first kappa shape index (κ1) is 23.7. The molecule has 0 aliphatic heterocycles. The Hall–Kier alpha value is -2.97. The average molecular weight is 458 g/mol. The van der Waals surface area contributed by atoms with E-state index in [1.807, 2.05) is 13.8 Å². The predicted octanol–water partition coefficient (Wildman–Crippen LogP) is 4.16. The van der Waals surface area contributed by atoms with Gasteiger partial charge >= 0.3 is 11.6 Å². The third kappa shape index (κ3) is 5.83. The summed E-state index contributed by atoms with van der Waals surface area (Å²) in [5.74, 6) is -0.0233. The number of benzene rings is 2. The van der Waals surface area contributed by atoms with Gasteiger partial charge in [0.1, 0.15) is 11.3 Å². The number of sulfonamides is 1. The first-order valence-corrected chi connectivity index (χ1v) is 12.0. The molecule has 3 aromatic rings. The molecule has 0 aliphatic carbocycles. The molecular weight excluding hydrogens is 430 g/mol. The molecule has 0 atom stereocenters. The molecule has 8 heteroatoms. The number of ether oxygens (including phenoxy) is 1. The molecule has 0 fully saturated rings. The molecule has 1 aromatic heterocycles. The summed E-state index contributed by atoms with van der Waals surface area (Å²) in [6.45, 7) is 5.76. The zero-order valence-corrected chi connectivity index (χ0v) is 19.3. The van der Waals surface area contributed by atoms with Crippen LogP contribution in [0.4, 0.5) is 0 Å². The molecule has 0 unspecified atom stereocenters. The first-order valence-electron chi connectivity index (χ1n) is 10.5. The van der Waals surface area contributed by atoms with Crippen LogP contribution < -0.4 is 15.1 Å². The number of aryl methyl sites for hydroxylation is 3. The van der Waals surface area contributed by atoms with Gasteiger partial charge in [-0.1, -0.05) is 24.1 Å². The third-order valence-electron chi connectivity index (χ3n) is 5.22. The molecule has 2 aromatic carbocycles. The lowest BCUT2D eigenvalue weighted by Crippen LogP contribution is -2.24. The van der Waals surface area contributed by atoms with Crippen molar-refractivity contribution < 1.29 is 22.4 Å². The zero-order valence-electron chi connectivity index (χ0n) is 18.4. The van der Waals surface area contributed by atoms with Crippen molar-refractivity contribution in [3.63, 3.8) is 0 Å². The van der Waals surface area contributed by atoms with Gasteiger partial charge in [0.25, 0.3) is 0 Å². The summed E-state index contributed by atoms with van der Waals surface area (Å²) in [6, 6.07) is 11.6. The van der Waals surface area contributed by atoms with E-state index in [-0.39, 0.29) is 17.3 Å². The van der Waals surface area contributed by atoms with Gasteiger partial charge in [-0.2, -0.15) is 0 Å². The summed E-state index contributed by atoms with van der Waals surface area (Å²) in [6.07, 6.45) is 2.07. The van der Waals surface area contributed by atoms with Crippen molar-refractivity contribution in [1.29, 1.82) is 0 Å². The van der Waals surface area contributed by atoms with Crippen LogP contribution in [0.5, 0.6) is 5.75 Å². The van der Waals surface area contributed by atoms with Gasteiger partial charge in [-0.05, 0) is 63.4 Å². The Morgan fingerprint density at radius 3 is 2.44 bits per heavy atom. The van der Waals surface area contributed by atoms with E-state index in [0.29, 0.717) is 42.7 Å². The maximum Gasteiger partial charge on any atom is 0.336 e. The van der Waals surface area contributed by atoms with Crippen molar-refractivity contribution in [2.75, 3.05) is 6.54 Å². The number of rotatable bonds is 9. The Kier molecular flexibility index (Phi) is 7.48. The molecule has 0 saturated carbocycles. The van der Waals surface area contributed by atoms with Crippen LogP contribution in [-0.4, -0.2) is 20.9 Å². The van der Waals surface area contributed by atoms with Crippen molar-refractivity contribution in [2.45, 2.75) is 51.3 Å². The van der Waals surface area contributed by atoms with Gasteiger partial charge in [-0.15, -0.1) is 0 Å². The van der Waals surface area contributed by atoms with Crippen molar-refractivity contribution >= 4 is 27.0 Å². The van der Waals surface area contributed by atoms with E-state index in [9.17, 15) is 18.0 Å². The van der Waals surface area contributed by atoms with Crippen LogP contribution in [-0.2, 0) is 14.8 Å². The smallest absolute Gasteiger partial charge is 0.336 e. The van der Waals surface area contributed by atoms with E-state index in [2.05, 4.69) is 4.72 Å². The highest BCUT2D eigenvalue weighted by molar-refractivity contribution is 7.89. The predicted molar refractivity (Wildman–Crippen MR) is 122 cm³/mol. The molecule has 0 spiro atoms. The van der Waals surface area contributed by atoms with Crippen molar-refractivity contribution in [2.24, 2.45) is 0 Å². The topological polar surface area (TPSA) is 103 Å². The second-order valence-electron chi connectivity index (χ2n) is 7.81. The van der Waals surface area contributed by atoms with E-state index in [4.69, 9.17) is 9.15 Å². The Bertz CT molecular complexity index is 1280. The Balaban J connectivity index is 1.45. The van der Waals surface area contributed by atoms with E-state index in [0.717, 1.165) is 16.5 Å². The number of hydrogen-bond acceptors (Lipinski definition) is 6. The molecule has 1 heterocycles. The van der Waals surface area contributed by atoms with Gasteiger partial charge in [-0.25, -0.2) is 17.9 Å².